The quantitative estimate of drug-likeness (QED) is 0.479. The minimum absolute atomic E-state index is 0.472. The van der Waals surface area contributed by atoms with E-state index >= 15 is 0 Å². The second kappa shape index (κ2) is 6.07. The normalized spacial score (nSPS) is 11.3. The van der Waals surface area contributed by atoms with Gasteiger partial charge in [-0.25, -0.2) is 14.5 Å². The maximum atomic E-state index is 6.43. The number of methoxy groups -OCH3 is 1. The Morgan fingerprint density at radius 3 is 2.85 bits per heavy atom. The van der Waals surface area contributed by atoms with Crippen LogP contribution >= 0.6 is 11.6 Å². The molecule has 0 unspecified atom stereocenters. The summed E-state index contributed by atoms with van der Waals surface area (Å²) < 4.78 is 8.91. The van der Waals surface area contributed by atoms with Gasteiger partial charge in [0.25, 0.3) is 0 Å². The summed E-state index contributed by atoms with van der Waals surface area (Å²) in [5, 5.41) is 6.16. The summed E-state index contributed by atoms with van der Waals surface area (Å²) in [6, 6.07) is 11.2. The topological polar surface area (TPSA) is 70.1 Å². The molecule has 5 rings (SSSR count). The van der Waals surface area contributed by atoms with Crippen molar-refractivity contribution in [1.82, 2.24) is 29.1 Å². The van der Waals surface area contributed by atoms with E-state index in [0.717, 1.165) is 16.4 Å². The molecule has 7 nitrogen and oxygen atoms in total. The van der Waals surface area contributed by atoms with Gasteiger partial charge in [-0.05, 0) is 24.3 Å². The van der Waals surface area contributed by atoms with Crippen molar-refractivity contribution in [1.29, 1.82) is 0 Å². The van der Waals surface area contributed by atoms with E-state index in [0.29, 0.717) is 28.2 Å². The summed E-state index contributed by atoms with van der Waals surface area (Å²) in [6.07, 6.45) is 7.32. The second-order valence-corrected chi connectivity index (χ2v) is 6.31. The molecule has 0 aliphatic heterocycles. The summed E-state index contributed by atoms with van der Waals surface area (Å²) in [5.74, 6) is 1.64. The van der Waals surface area contributed by atoms with Gasteiger partial charge < -0.3 is 4.74 Å². The van der Waals surface area contributed by atoms with Crippen molar-refractivity contribution in [3.63, 3.8) is 0 Å². The molecule has 27 heavy (non-hydrogen) atoms. The molecule has 0 saturated carbocycles. The van der Waals surface area contributed by atoms with Crippen LogP contribution in [0.15, 0.2) is 61.2 Å². The van der Waals surface area contributed by atoms with Gasteiger partial charge in [-0.2, -0.15) is 0 Å². The fraction of sp³-hybridized carbons (Fsp3) is 0.0526. The summed E-state index contributed by atoms with van der Waals surface area (Å²) in [6.45, 7) is 0. The molecule has 0 aliphatic rings. The predicted octanol–water partition coefficient (Wildman–Crippen LogP) is 3.79. The molecule has 0 saturated heterocycles. The molecule has 0 bridgehead atoms. The van der Waals surface area contributed by atoms with Crippen LogP contribution in [0.4, 0.5) is 0 Å². The first-order valence-electron chi connectivity index (χ1n) is 8.22. The fourth-order valence-corrected chi connectivity index (χ4v) is 3.29. The number of halogens is 1. The highest BCUT2D eigenvalue weighted by Gasteiger charge is 2.17. The first-order chi connectivity index (χ1) is 13.2. The molecule has 0 amide bonds. The van der Waals surface area contributed by atoms with Gasteiger partial charge in [0.1, 0.15) is 11.2 Å². The van der Waals surface area contributed by atoms with Crippen molar-refractivity contribution in [2.45, 2.75) is 0 Å². The van der Waals surface area contributed by atoms with Crippen LogP contribution < -0.4 is 4.74 Å². The number of fused-ring (bicyclic) bond motifs is 2. The van der Waals surface area contributed by atoms with E-state index in [1.54, 1.807) is 36.2 Å². The van der Waals surface area contributed by atoms with E-state index in [-0.39, 0.29) is 0 Å². The van der Waals surface area contributed by atoms with Crippen LogP contribution in [0, 0.1) is 0 Å². The van der Waals surface area contributed by atoms with Gasteiger partial charge in [-0.15, -0.1) is 5.10 Å². The largest absolute Gasteiger partial charge is 0.481 e. The van der Waals surface area contributed by atoms with Crippen molar-refractivity contribution < 1.29 is 4.74 Å². The van der Waals surface area contributed by atoms with Crippen LogP contribution in [-0.2, 0) is 0 Å². The third-order valence-corrected chi connectivity index (χ3v) is 4.63. The third-order valence-electron chi connectivity index (χ3n) is 4.32. The van der Waals surface area contributed by atoms with Crippen LogP contribution in [0.25, 0.3) is 33.8 Å². The Morgan fingerprint density at radius 2 is 1.96 bits per heavy atom. The maximum absolute atomic E-state index is 6.43. The molecule has 132 valence electrons. The molecule has 0 N–H and O–H groups in total. The van der Waals surface area contributed by atoms with Crippen LogP contribution in [0.5, 0.6) is 5.88 Å². The Hall–Kier alpha value is -3.45. The molecule has 5 aromatic heterocycles. The van der Waals surface area contributed by atoms with E-state index in [9.17, 15) is 0 Å². The molecular weight excluding hydrogens is 364 g/mol. The molecule has 0 fully saturated rings. The van der Waals surface area contributed by atoms with Crippen LogP contribution in [-0.4, -0.2) is 36.2 Å². The Labute approximate surface area is 158 Å². The summed E-state index contributed by atoms with van der Waals surface area (Å²) in [4.78, 5) is 13.4. The van der Waals surface area contributed by atoms with E-state index in [2.05, 4.69) is 15.1 Å². The molecule has 5 aromatic rings. The number of hydrogen-bond acceptors (Lipinski definition) is 5. The molecule has 0 spiro atoms. The van der Waals surface area contributed by atoms with E-state index in [1.807, 2.05) is 41.2 Å². The Bertz CT molecular complexity index is 1290. The molecule has 0 atom stereocenters. The zero-order valence-corrected chi connectivity index (χ0v) is 15.0. The lowest BCUT2D eigenvalue weighted by Gasteiger charge is -2.10. The molecule has 0 aromatic carbocycles. The van der Waals surface area contributed by atoms with E-state index < -0.39 is 0 Å². The van der Waals surface area contributed by atoms with Crippen molar-refractivity contribution in [3.8, 4) is 23.2 Å². The SMILES string of the molecule is COc1cccc(-c2nc(-n3ccc4cnccc43)c3c(Cl)ccn3n2)n1. The third kappa shape index (κ3) is 2.51. The van der Waals surface area contributed by atoms with Crippen LogP contribution in [0.2, 0.25) is 5.02 Å². The molecule has 0 radical (unpaired) electrons. The van der Waals surface area contributed by atoms with Gasteiger partial charge in [0, 0.05) is 36.2 Å². The first-order valence-corrected chi connectivity index (χ1v) is 8.60. The monoisotopic (exact) mass is 376 g/mol. The average molecular weight is 377 g/mol. The molecule has 5 heterocycles. The zero-order valence-electron chi connectivity index (χ0n) is 14.2. The Balaban J connectivity index is 1.81. The lowest BCUT2D eigenvalue weighted by molar-refractivity contribution is 0.398. The lowest BCUT2D eigenvalue weighted by atomic mass is 10.3. The molecular formula is C19H13ClN6O. The minimum atomic E-state index is 0.472. The van der Waals surface area contributed by atoms with Gasteiger partial charge in [0.05, 0.1) is 17.6 Å². The number of nitrogens with zero attached hydrogens (tertiary/aromatic N) is 6. The average Bonchev–Trinajstić information content (AvgIpc) is 3.31. The Morgan fingerprint density at radius 1 is 1.04 bits per heavy atom. The summed E-state index contributed by atoms with van der Waals surface area (Å²) in [7, 11) is 1.58. The minimum Gasteiger partial charge on any atom is -0.481 e. The number of ether oxygens (including phenoxy) is 1. The van der Waals surface area contributed by atoms with Gasteiger partial charge in [-0.3, -0.25) is 9.55 Å². The number of pyridine rings is 2. The van der Waals surface area contributed by atoms with Gasteiger partial charge in [0.2, 0.25) is 11.7 Å². The van der Waals surface area contributed by atoms with Crippen molar-refractivity contribution >= 4 is 28.0 Å². The fourth-order valence-electron chi connectivity index (χ4n) is 3.07. The van der Waals surface area contributed by atoms with Gasteiger partial charge in [-0.1, -0.05) is 17.7 Å². The predicted molar refractivity (Wildman–Crippen MR) is 102 cm³/mol. The van der Waals surface area contributed by atoms with Crippen molar-refractivity contribution in [2.24, 2.45) is 0 Å². The van der Waals surface area contributed by atoms with Gasteiger partial charge in [0.15, 0.2) is 5.82 Å². The molecule has 8 heteroatoms. The van der Waals surface area contributed by atoms with Crippen LogP contribution in [0.3, 0.4) is 0 Å². The smallest absolute Gasteiger partial charge is 0.213 e. The number of aromatic nitrogens is 6. The standard InChI is InChI=1S/C19H13ClN6O/c1-27-16-4-2-3-14(22-16)18-23-19(17-13(20)7-10-26(17)24-18)25-9-6-12-11-21-8-5-15(12)25/h2-11H,1H3. The van der Waals surface area contributed by atoms with Crippen molar-refractivity contribution in [2.75, 3.05) is 7.11 Å². The van der Waals surface area contributed by atoms with E-state index in [4.69, 9.17) is 21.3 Å². The van der Waals surface area contributed by atoms with E-state index in [1.165, 1.54) is 0 Å². The summed E-state index contributed by atoms with van der Waals surface area (Å²) >= 11 is 6.43. The Kier molecular flexibility index (Phi) is 3.54. The molecule has 0 aliphatic carbocycles. The second-order valence-electron chi connectivity index (χ2n) is 5.90. The maximum Gasteiger partial charge on any atom is 0.213 e. The van der Waals surface area contributed by atoms with Crippen molar-refractivity contribution in [3.05, 3.63) is 66.2 Å². The highest BCUT2D eigenvalue weighted by molar-refractivity contribution is 6.34. The number of rotatable bonds is 3. The highest BCUT2D eigenvalue weighted by atomic mass is 35.5. The van der Waals surface area contributed by atoms with Crippen LogP contribution in [0.1, 0.15) is 0 Å². The number of hydrogen-bond donors (Lipinski definition) is 0. The lowest BCUT2D eigenvalue weighted by Crippen LogP contribution is -2.06. The summed E-state index contributed by atoms with van der Waals surface area (Å²) in [5.41, 5.74) is 2.31. The first kappa shape index (κ1) is 15.8. The van der Waals surface area contributed by atoms with Gasteiger partial charge >= 0.3 is 0 Å². The highest BCUT2D eigenvalue weighted by Crippen LogP contribution is 2.28. The zero-order chi connectivity index (χ0) is 18.4.